The van der Waals surface area contributed by atoms with Crippen molar-refractivity contribution in [2.24, 2.45) is 4.99 Å². The second kappa shape index (κ2) is 13.1. The fourth-order valence-electron chi connectivity index (χ4n) is 4.08. The molecule has 1 aliphatic heterocycles. The maximum absolute atomic E-state index is 12.4. The van der Waals surface area contributed by atoms with E-state index in [1.165, 1.54) is 5.56 Å². The van der Waals surface area contributed by atoms with Crippen LogP contribution in [0, 0.1) is 0 Å². The first-order valence-electron chi connectivity index (χ1n) is 14.0. The Morgan fingerprint density at radius 1 is 0.976 bits per heavy atom. The molecule has 2 amide bonds. The molecule has 1 N–H and O–H groups in total. The number of carbonyl (C=O) groups is 2. The van der Waals surface area contributed by atoms with Crippen LogP contribution in [-0.2, 0) is 15.9 Å². The summed E-state index contributed by atoms with van der Waals surface area (Å²) in [6.45, 7) is 11.9. The molecule has 42 heavy (non-hydrogen) atoms. The number of hydrogen-bond acceptors (Lipinski definition) is 8. The summed E-state index contributed by atoms with van der Waals surface area (Å²) in [6.07, 6.45) is 0.349. The predicted molar refractivity (Wildman–Crippen MR) is 157 cm³/mol. The van der Waals surface area contributed by atoms with Gasteiger partial charge in [-0.05, 0) is 84.2 Å². The van der Waals surface area contributed by atoms with Crippen LogP contribution < -0.4 is 10.1 Å². The second-order valence-electron chi connectivity index (χ2n) is 12.1. The van der Waals surface area contributed by atoms with Gasteiger partial charge >= 0.3 is 12.2 Å². The third kappa shape index (κ3) is 9.32. The minimum absolute atomic E-state index is 0.0360. The largest absolute Gasteiger partial charge is 0.494 e. The number of nitrogens with one attached hydrogen (secondary N) is 1. The average molecular weight is 578 g/mol. The van der Waals surface area contributed by atoms with E-state index in [-0.39, 0.29) is 11.9 Å². The Labute approximate surface area is 246 Å². The van der Waals surface area contributed by atoms with Gasteiger partial charge in [0.2, 0.25) is 17.7 Å². The standard InChI is InChI=1S/C31H39N5O6/c1-30(2,3)40-28(37)33-27(34-29(38)41-31(4,5)6)36-19-23(20-36)26-32-25(35-42-26)22-14-16-24(17-15-22)39-18-10-13-21-11-8-7-9-12-21/h7-9,11-12,14-17,23H,10,13,18-20H2,1-6H3,(H,33,34,37,38). The van der Waals surface area contributed by atoms with Crippen LogP contribution >= 0.6 is 0 Å². The van der Waals surface area contributed by atoms with E-state index in [0.29, 0.717) is 31.4 Å². The molecule has 3 aromatic rings. The van der Waals surface area contributed by atoms with Gasteiger partial charge in [0.05, 0.1) is 12.5 Å². The summed E-state index contributed by atoms with van der Waals surface area (Å²) in [6, 6.07) is 17.9. The number of alkyl carbamates (subject to hydrolysis) is 1. The monoisotopic (exact) mass is 577 g/mol. The number of carbonyl (C=O) groups excluding carboxylic acids is 2. The second-order valence-corrected chi connectivity index (χ2v) is 12.1. The third-order valence-corrected chi connectivity index (χ3v) is 6.01. The first-order chi connectivity index (χ1) is 19.8. The first kappa shape index (κ1) is 30.5. The smallest absolute Gasteiger partial charge is 0.437 e. The number of likely N-dealkylation sites (tertiary alicyclic amines) is 1. The Morgan fingerprint density at radius 3 is 2.29 bits per heavy atom. The predicted octanol–water partition coefficient (Wildman–Crippen LogP) is 5.96. The van der Waals surface area contributed by atoms with Crippen LogP contribution in [0.25, 0.3) is 11.4 Å². The normalized spacial score (nSPS) is 14.2. The molecule has 1 aromatic heterocycles. The van der Waals surface area contributed by atoms with Crippen LogP contribution in [0.2, 0.25) is 0 Å². The van der Waals surface area contributed by atoms with Crippen LogP contribution in [0.3, 0.4) is 0 Å². The molecule has 2 aromatic carbocycles. The van der Waals surface area contributed by atoms with E-state index in [0.717, 1.165) is 24.2 Å². The van der Waals surface area contributed by atoms with Crippen LogP contribution in [0.1, 0.15) is 65.3 Å². The number of aromatic nitrogens is 2. The topological polar surface area (TPSA) is 128 Å². The number of ether oxygens (including phenoxy) is 3. The Kier molecular flexibility index (Phi) is 9.49. The van der Waals surface area contributed by atoms with Crippen molar-refractivity contribution in [2.45, 2.75) is 71.5 Å². The molecular formula is C31H39N5O6. The fourth-order valence-corrected chi connectivity index (χ4v) is 4.08. The number of aryl methyl sites for hydroxylation is 1. The number of nitrogens with zero attached hydrogens (tertiary/aromatic N) is 4. The summed E-state index contributed by atoms with van der Waals surface area (Å²) in [5.74, 6) is 1.63. The van der Waals surface area contributed by atoms with Crippen molar-refractivity contribution in [1.29, 1.82) is 0 Å². The van der Waals surface area contributed by atoms with Crippen molar-refractivity contribution in [3.8, 4) is 17.1 Å². The molecule has 1 saturated heterocycles. The van der Waals surface area contributed by atoms with Crippen molar-refractivity contribution in [2.75, 3.05) is 19.7 Å². The van der Waals surface area contributed by atoms with Gasteiger partial charge < -0.3 is 23.6 Å². The van der Waals surface area contributed by atoms with E-state index >= 15 is 0 Å². The number of guanidine groups is 1. The maximum Gasteiger partial charge on any atom is 0.437 e. The zero-order valence-electron chi connectivity index (χ0n) is 25.0. The van der Waals surface area contributed by atoms with Gasteiger partial charge in [-0.25, -0.2) is 9.59 Å². The lowest BCUT2D eigenvalue weighted by atomic mass is 10.0. The molecule has 0 saturated carbocycles. The first-order valence-corrected chi connectivity index (χ1v) is 14.0. The van der Waals surface area contributed by atoms with Gasteiger partial charge in [-0.2, -0.15) is 4.98 Å². The van der Waals surface area contributed by atoms with Gasteiger partial charge in [0.15, 0.2) is 0 Å². The summed E-state index contributed by atoms with van der Waals surface area (Å²) in [5, 5.41) is 6.70. The molecule has 0 radical (unpaired) electrons. The summed E-state index contributed by atoms with van der Waals surface area (Å²) < 4.78 is 22.0. The van der Waals surface area contributed by atoms with Crippen molar-refractivity contribution < 1.29 is 28.3 Å². The van der Waals surface area contributed by atoms with Crippen LogP contribution in [0.5, 0.6) is 5.75 Å². The Bertz CT molecular complexity index is 1370. The molecule has 0 atom stereocenters. The number of benzene rings is 2. The lowest BCUT2D eigenvalue weighted by Crippen LogP contribution is -2.55. The van der Waals surface area contributed by atoms with Crippen molar-refractivity contribution >= 4 is 18.1 Å². The molecule has 1 fully saturated rings. The maximum atomic E-state index is 12.4. The van der Waals surface area contributed by atoms with Crippen LogP contribution in [0.4, 0.5) is 9.59 Å². The third-order valence-electron chi connectivity index (χ3n) is 6.01. The minimum Gasteiger partial charge on any atom is -0.494 e. The molecule has 4 rings (SSSR count). The highest BCUT2D eigenvalue weighted by Gasteiger charge is 2.36. The minimum atomic E-state index is -0.819. The van der Waals surface area contributed by atoms with Crippen LogP contribution in [-0.4, -0.2) is 64.1 Å². The quantitative estimate of drug-likeness (QED) is 0.205. The molecule has 1 aliphatic rings. The Hall–Kier alpha value is -4.41. The molecule has 2 heterocycles. The van der Waals surface area contributed by atoms with Gasteiger partial charge in [-0.15, -0.1) is 4.99 Å². The van der Waals surface area contributed by atoms with E-state index in [9.17, 15) is 9.59 Å². The lowest BCUT2D eigenvalue weighted by Gasteiger charge is -2.39. The van der Waals surface area contributed by atoms with E-state index in [2.05, 4.69) is 32.6 Å². The Morgan fingerprint density at radius 2 is 1.64 bits per heavy atom. The molecular weight excluding hydrogens is 538 g/mol. The SMILES string of the molecule is CC(C)(C)OC(=O)N=C(NC(=O)OC(C)(C)C)N1CC(c2nc(-c3ccc(OCCCc4ccccc4)cc3)no2)C1. The van der Waals surface area contributed by atoms with Crippen molar-refractivity contribution in [3.63, 3.8) is 0 Å². The summed E-state index contributed by atoms with van der Waals surface area (Å²) in [7, 11) is 0. The van der Waals surface area contributed by atoms with Gasteiger partial charge in [0.1, 0.15) is 17.0 Å². The Balaban J connectivity index is 1.32. The zero-order chi connectivity index (χ0) is 30.3. The van der Waals surface area contributed by atoms with E-state index in [1.807, 2.05) is 42.5 Å². The summed E-state index contributed by atoms with van der Waals surface area (Å²) >= 11 is 0. The molecule has 11 heteroatoms. The average Bonchev–Trinajstić information content (AvgIpc) is 3.34. The van der Waals surface area contributed by atoms with Gasteiger partial charge in [0.25, 0.3) is 0 Å². The fraction of sp³-hybridized carbons (Fsp3) is 0.452. The van der Waals surface area contributed by atoms with Crippen LogP contribution in [0.15, 0.2) is 64.1 Å². The highest BCUT2D eigenvalue weighted by atomic mass is 16.6. The number of rotatable bonds is 7. The summed E-state index contributed by atoms with van der Waals surface area (Å²) in [4.78, 5) is 35.0. The van der Waals surface area contributed by atoms with E-state index in [1.54, 1.807) is 46.4 Å². The van der Waals surface area contributed by atoms with Crippen molar-refractivity contribution in [3.05, 3.63) is 66.1 Å². The molecule has 0 aliphatic carbocycles. The number of aliphatic imine (C=N–C) groups is 1. The number of amides is 2. The van der Waals surface area contributed by atoms with E-state index in [4.69, 9.17) is 18.7 Å². The molecule has 224 valence electrons. The molecule has 0 bridgehead atoms. The van der Waals surface area contributed by atoms with Gasteiger partial charge in [-0.1, -0.05) is 35.5 Å². The zero-order valence-corrected chi connectivity index (χ0v) is 25.0. The lowest BCUT2D eigenvalue weighted by molar-refractivity contribution is 0.0547. The van der Waals surface area contributed by atoms with Crippen molar-refractivity contribution in [1.82, 2.24) is 20.4 Å². The molecule has 0 spiro atoms. The molecule has 11 nitrogen and oxygen atoms in total. The summed E-state index contributed by atoms with van der Waals surface area (Å²) in [5.41, 5.74) is 0.647. The number of hydrogen-bond donors (Lipinski definition) is 1. The van der Waals surface area contributed by atoms with Gasteiger partial charge in [0, 0.05) is 18.7 Å². The molecule has 0 unspecified atom stereocenters. The van der Waals surface area contributed by atoms with Gasteiger partial charge in [-0.3, -0.25) is 5.32 Å². The highest BCUT2D eigenvalue weighted by Crippen LogP contribution is 2.28. The highest BCUT2D eigenvalue weighted by molar-refractivity contribution is 5.99. The van der Waals surface area contributed by atoms with E-state index < -0.39 is 23.4 Å².